The fraction of sp³-hybridized carbons (Fsp3) is 0.538. The average Bonchev–Trinajstić information content (AvgIpc) is 2.40. The predicted octanol–water partition coefficient (Wildman–Crippen LogP) is 2.34. The summed E-state index contributed by atoms with van der Waals surface area (Å²) in [6.07, 6.45) is -4.44. The van der Waals surface area contributed by atoms with Crippen LogP contribution in [0.5, 0.6) is 5.75 Å². The van der Waals surface area contributed by atoms with E-state index in [0.29, 0.717) is 13.1 Å². The Hall–Kier alpha value is -1.34. The molecular weight excluding hydrogens is 276 g/mol. The maximum absolute atomic E-state index is 13.4. The minimum Gasteiger partial charge on any atom is -0.496 e. The van der Waals surface area contributed by atoms with Gasteiger partial charge in [0, 0.05) is 37.8 Å². The van der Waals surface area contributed by atoms with Crippen molar-refractivity contribution in [2.75, 3.05) is 33.3 Å². The molecule has 1 aliphatic heterocycles. The van der Waals surface area contributed by atoms with E-state index in [1.807, 2.05) is 0 Å². The van der Waals surface area contributed by atoms with Crippen molar-refractivity contribution in [3.63, 3.8) is 0 Å². The highest BCUT2D eigenvalue weighted by molar-refractivity contribution is 5.37. The molecule has 1 aromatic rings. The number of piperazine rings is 1. The van der Waals surface area contributed by atoms with Gasteiger partial charge in [-0.15, -0.1) is 0 Å². The van der Waals surface area contributed by atoms with Gasteiger partial charge in [0.15, 0.2) is 0 Å². The summed E-state index contributed by atoms with van der Waals surface area (Å²) in [5.41, 5.74) is -0.0525. The van der Waals surface area contributed by atoms with Crippen LogP contribution in [0.3, 0.4) is 0 Å². The van der Waals surface area contributed by atoms with Gasteiger partial charge in [0.2, 0.25) is 0 Å². The smallest absolute Gasteiger partial charge is 0.408 e. The number of rotatable bonds is 3. The lowest BCUT2D eigenvalue weighted by molar-refractivity contribution is -0.188. The summed E-state index contributed by atoms with van der Waals surface area (Å²) in [6, 6.07) is 1.38. The van der Waals surface area contributed by atoms with Gasteiger partial charge in [-0.2, -0.15) is 13.2 Å². The van der Waals surface area contributed by atoms with Crippen LogP contribution >= 0.6 is 0 Å². The van der Waals surface area contributed by atoms with Gasteiger partial charge < -0.3 is 10.1 Å². The van der Waals surface area contributed by atoms with Crippen LogP contribution in [-0.4, -0.2) is 44.4 Å². The minimum atomic E-state index is -4.44. The minimum absolute atomic E-state index is 0.0525. The Morgan fingerprint density at radius 3 is 2.45 bits per heavy atom. The fourth-order valence-corrected chi connectivity index (χ4v) is 2.43. The van der Waals surface area contributed by atoms with Crippen molar-refractivity contribution < 1.29 is 22.3 Å². The largest absolute Gasteiger partial charge is 0.496 e. The van der Waals surface area contributed by atoms with Gasteiger partial charge in [0.25, 0.3) is 0 Å². The summed E-state index contributed by atoms with van der Waals surface area (Å²) in [6.45, 7) is 1.56. The maximum Gasteiger partial charge on any atom is 0.408 e. The number of benzene rings is 1. The number of ether oxygens (including phenoxy) is 1. The molecule has 1 saturated heterocycles. The van der Waals surface area contributed by atoms with E-state index in [0.717, 1.165) is 18.2 Å². The fourth-order valence-electron chi connectivity index (χ4n) is 2.43. The zero-order valence-electron chi connectivity index (χ0n) is 11.0. The van der Waals surface area contributed by atoms with Crippen molar-refractivity contribution in [3.8, 4) is 5.75 Å². The van der Waals surface area contributed by atoms with Gasteiger partial charge in [-0.25, -0.2) is 4.39 Å². The third kappa shape index (κ3) is 3.21. The van der Waals surface area contributed by atoms with Crippen LogP contribution in [-0.2, 0) is 0 Å². The summed E-state index contributed by atoms with van der Waals surface area (Å²) < 4.78 is 58.2. The average molecular weight is 292 g/mol. The summed E-state index contributed by atoms with van der Waals surface area (Å²) in [5, 5.41) is 3.01. The Morgan fingerprint density at radius 1 is 1.25 bits per heavy atom. The number of halogens is 4. The van der Waals surface area contributed by atoms with E-state index in [2.05, 4.69) is 5.32 Å². The highest BCUT2D eigenvalue weighted by Crippen LogP contribution is 2.41. The molecule has 0 saturated carbocycles. The van der Waals surface area contributed by atoms with E-state index in [1.54, 1.807) is 0 Å². The van der Waals surface area contributed by atoms with Crippen LogP contribution < -0.4 is 10.1 Å². The van der Waals surface area contributed by atoms with E-state index in [1.165, 1.54) is 12.0 Å². The summed E-state index contributed by atoms with van der Waals surface area (Å²) in [4.78, 5) is 1.34. The molecule has 1 aromatic carbocycles. The molecule has 2 rings (SSSR count). The second-order valence-electron chi connectivity index (χ2n) is 4.62. The lowest BCUT2D eigenvalue weighted by Gasteiger charge is -2.36. The third-order valence-electron chi connectivity index (χ3n) is 3.32. The first-order chi connectivity index (χ1) is 9.43. The van der Waals surface area contributed by atoms with Gasteiger partial charge >= 0.3 is 6.18 Å². The highest BCUT2D eigenvalue weighted by Gasteiger charge is 2.46. The second-order valence-corrected chi connectivity index (χ2v) is 4.62. The Morgan fingerprint density at radius 2 is 1.90 bits per heavy atom. The van der Waals surface area contributed by atoms with Gasteiger partial charge in [-0.3, -0.25) is 4.90 Å². The molecule has 0 aliphatic carbocycles. The lowest BCUT2D eigenvalue weighted by Crippen LogP contribution is -2.49. The Balaban J connectivity index is 2.40. The molecule has 0 unspecified atom stereocenters. The zero-order chi connectivity index (χ0) is 14.8. The molecule has 20 heavy (non-hydrogen) atoms. The SMILES string of the molecule is COc1cc(F)ccc1[C@@H](N1CCNCC1)C(F)(F)F. The van der Waals surface area contributed by atoms with Crippen molar-refractivity contribution in [1.29, 1.82) is 0 Å². The Bertz CT molecular complexity index is 458. The normalized spacial score (nSPS) is 18.9. The number of methoxy groups -OCH3 is 1. The number of nitrogens with one attached hydrogen (secondary N) is 1. The van der Waals surface area contributed by atoms with Gasteiger partial charge in [-0.05, 0) is 6.07 Å². The molecule has 1 aliphatic rings. The van der Waals surface area contributed by atoms with Crippen molar-refractivity contribution in [1.82, 2.24) is 10.2 Å². The second kappa shape index (κ2) is 5.97. The molecule has 0 amide bonds. The molecule has 0 aromatic heterocycles. The van der Waals surface area contributed by atoms with Crippen LogP contribution in [0.2, 0.25) is 0 Å². The quantitative estimate of drug-likeness (QED) is 0.866. The van der Waals surface area contributed by atoms with E-state index < -0.39 is 18.0 Å². The molecule has 3 nitrogen and oxygen atoms in total. The van der Waals surface area contributed by atoms with E-state index in [9.17, 15) is 17.6 Å². The topological polar surface area (TPSA) is 24.5 Å². The van der Waals surface area contributed by atoms with Crippen LogP contribution in [0.4, 0.5) is 17.6 Å². The van der Waals surface area contributed by atoms with Crippen LogP contribution in [0.1, 0.15) is 11.6 Å². The van der Waals surface area contributed by atoms with Crippen molar-refractivity contribution in [3.05, 3.63) is 29.6 Å². The van der Waals surface area contributed by atoms with Crippen molar-refractivity contribution in [2.24, 2.45) is 0 Å². The molecule has 1 N–H and O–H groups in total. The zero-order valence-corrected chi connectivity index (χ0v) is 11.0. The first kappa shape index (κ1) is 15.1. The maximum atomic E-state index is 13.4. The molecule has 0 spiro atoms. The number of hydrogen-bond acceptors (Lipinski definition) is 3. The number of alkyl halides is 3. The summed E-state index contributed by atoms with van der Waals surface area (Å²) in [5.74, 6) is -0.697. The van der Waals surface area contributed by atoms with E-state index in [-0.39, 0.29) is 24.4 Å². The predicted molar refractivity (Wildman–Crippen MR) is 66.2 cm³/mol. The summed E-state index contributed by atoms with van der Waals surface area (Å²) >= 11 is 0. The highest BCUT2D eigenvalue weighted by atomic mass is 19.4. The van der Waals surface area contributed by atoms with Crippen molar-refractivity contribution in [2.45, 2.75) is 12.2 Å². The molecule has 112 valence electrons. The van der Waals surface area contributed by atoms with Gasteiger partial charge in [0.1, 0.15) is 17.6 Å². The molecular formula is C13H16F4N2O. The molecule has 1 atom stereocenters. The monoisotopic (exact) mass is 292 g/mol. The lowest BCUT2D eigenvalue weighted by atomic mass is 10.0. The first-order valence-electron chi connectivity index (χ1n) is 6.28. The van der Waals surface area contributed by atoms with Crippen LogP contribution in [0.25, 0.3) is 0 Å². The number of hydrogen-bond donors (Lipinski definition) is 1. The summed E-state index contributed by atoms with van der Waals surface area (Å²) in [7, 11) is 1.24. The standard InChI is InChI=1S/C13H16F4N2O/c1-20-11-8-9(14)2-3-10(11)12(13(15,16)17)19-6-4-18-5-7-19/h2-3,8,12,18H,4-7H2,1H3/t12-/m1/s1. The third-order valence-corrected chi connectivity index (χ3v) is 3.32. The van der Waals surface area contributed by atoms with Gasteiger partial charge in [-0.1, -0.05) is 6.07 Å². The number of nitrogens with zero attached hydrogens (tertiary/aromatic N) is 1. The molecule has 0 radical (unpaired) electrons. The van der Waals surface area contributed by atoms with E-state index in [4.69, 9.17) is 4.74 Å². The molecule has 0 bridgehead atoms. The molecule has 1 fully saturated rings. The Kier molecular flexibility index (Phi) is 4.49. The first-order valence-corrected chi connectivity index (χ1v) is 6.28. The molecule has 1 heterocycles. The van der Waals surface area contributed by atoms with Gasteiger partial charge in [0.05, 0.1) is 7.11 Å². The Labute approximate surface area is 114 Å². The van der Waals surface area contributed by atoms with Crippen molar-refractivity contribution >= 4 is 0 Å². The van der Waals surface area contributed by atoms with Crippen LogP contribution in [0.15, 0.2) is 18.2 Å². The molecule has 7 heteroatoms. The van der Waals surface area contributed by atoms with E-state index >= 15 is 0 Å². The van der Waals surface area contributed by atoms with Crippen LogP contribution in [0, 0.1) is 5.82 Å².